The maximum atomic E-state index is 4.42. The Morgan fingerprint density at radius 2 is 2.20 bits per heavy atom. The fourth-order valence-electron chi connectivity index (χ4n) is 1.80. The molecule has 0 amide bonds. The Hall–Kier alpha value is -0.830. The van der Waals surface area contributed by atoms with E-state index in [0.717, 1.165) is 6.42 Å². The summed E-state index contributed by atoms with van der Waals surface area (Å²) in [5.74, 6) is 0. The average Bonchev–Trinajstić information content (AvgIpc) is 2.60. The van der Waals surface area contributed by atoms with Crippen LogP contribution >= 0.6 is 0 Å². The Bertz CT molecular complexity index is 302. The van der Waals surface area contributed by atoms with Crippen LogP contribution in [-0.4, -0.2) is 22.9 Å². The van der Waals surface area contributed by atoms with Gasteiger partial charge in [0, 0.05) is 25.7 Å². The van der Waals surface area contributed by atoms with Gasteiger partial charge in [-0.05, 0) is 24.9 Å². The highest BCUT2D eigenvalue weighted by atomic mass is 15.2. The molecule has 1 aromatic rings. The zero-order chi connectivity index (χ0) is 11.5. The minimum absolute atomic E-state index is 0.312. The predicted octanol–water partition coefficient (Wildman–Crippen LogP) is 1.99. The molecule has 0 fully saturated rings. The van der Waals surface area contributed by atoms with Crippen molar-refractivity contribution >= 4 is 0 Å². The quantitative estimate of drug-likeness (QED) is 0.803. The average molecular weight is 209 g/mol. The van der Waals surface area contributed by atoms with Gasteiger partial charge >= 0.3 is 0 Å². The number of aromatic nitrogens is 2. The van der Waals surface area contributed by atoms with Gasteiger partial charge in [-0.1, -0.05) is 20.8 Å². The minimum Gasteiger partial charge on any atom is -0.316 e. The van der Waals surface area contributed by atoms with Gasteiger partial charge in [-0.3, -0.25) is 4.68 Å². The molecule has 1 aromatic heterocycles. The molecule has 1 unspecified atom stereocenters. The van der Waals surface area contributed by atoms with Crippen molar-refractivity contribution in [2.45, 2.75) is 39.7 Å². The highest BCUT2D eigenvalue weighted by Gasteiger charge is 2.26. The number of nitrogens with one attached hydrogen (secondary N) is 1. The zero-order valence-corrected chi connectivity index (χ0v) is 10.5. The van der Waals surface area contributed by atoms with Crippen LogP contribution in [0.2, 0.25) is 0 Å². The fraction of sp³-hybridized carbons (Fsp3) is 0.750. The Morgan fingerprint density at radius 3 is 2.60 bits per heavy atom. The van der Waals surface area contributed by atoms with E-state index in [1.807, 2.05) is 25.0 Å². The third kappa shape index (κ3) is 3.06. The van der Waals surface area contributed by atoms with Crippen LogP contribution in [0.4, 0.5) is 0 Å². The number of rotatable bonds is 5. The first-order valence-electron chi connectivity index (χ1n) is 5.65. The van der Waals surface area contributed by atoms with Crippen molar-refractivity contribution in [3.8, 4) is 0 Å². The van der Waals surface area contributed by atoms with E-state index < -0.39 is 0 Å². The molecular weight excluding hydrogens is 186 g/mol. The molecule has 86 valence electrons. The third-order valence-electron chi connectivity index (χ3n) is 3.39. The van der Waals surface area contributed by atoms with Crippen molar-refractivity contribution in [1.29, 1.82) is 0 Å². The summed E-state index contributed by atoms with van der Waals surface area (Å²) in [6.07, 6.45) is 4.17. The lowest BCUT2D eigenvalue weighted by Crippen LogP contribution is -2.41. The molecule has 0 saturated heterocycles. The largest absolute Gasteiger partial charge is 0.316 e. The molecule has 1 rings (SSSR count). The molecule has 0 aromatic carbocycles. The van der Waals surface area contributed by atoms with Gasteiger partial charge in [-0.25, -0.2) is 0 Å². The molecule has 1 N–H and O–H groups in total. The second-order valence-electron chi connectivity index (χ2n) is 4.87. The molecule has 3 nitrogen and oxygen atoms in total. The van der Waals surface area contributed by atoms with Crippen molar-refractivity contribution in [2.75, 3.05) is 7.05 Å². The third-order valence-corrected chi connectivity index (χ3v) is 3.39. The van der Waals surface area contributed by atoms with Gasteiger partial charge in [0.05, 0.1) is 5.69 Å². The van der Waals surface area contributed by atoms with E-state index in [9.17, 15) is 0 Å². The van der Waals surface area contributed by atoms with Gasteiger partial charge < -0.3 is 5.32 Å². The Labute approximate surface area is 92.9 Å². The van der Waals surface area contributed by atoms with Gasteiger partial charge in [-0.15, -0.1) is 0 Å². The fourth-order valence-corrected chi connectivity index (χ4v) is 1.80. The second kappa shape index (κ2) is 4.79. The number of nitrogens with zero attached hydrogens (tertiary/aromatic N) is 2. The van der Waals surface area contributed by atoms with Crippen LogP contribution < -0.4 is 5.32 Å². The van der Waals surface area contributed by atoms with E-state index >= 15 is 0 Å². The van der Waals surface area contributed by atoms with Gasteiger partial charge in [0.25, 0.3) is 0 Å². The van der Waals surface area contributed by atoms with E-state index in [-0.39, 0.29) is 0 Å². The lowest BCUT2D eigenvalue weighted by Gasteiger charge is -2.32. The van der Waals surface area contributed by atoms with Gasteiger partial charge in [-0.2, -0.15) is 5.10 Å². The van der Waals surface area contributed by atoms with Crippen molar-refractivity contribution in [3.05, 3.63) is 18.0 Å². The topological polar surface area (TPSA) is 29.9 Å². The van der Waals surface area contributed by atoms with Crippen LogP contribution in [0, 0.1) is 5.41 Å². The summed E-state index contributed by atoms with van der Waals surface area (Å²) in [6, 6.07) is 2.58. The summed E-state index contributed by atoms with van der Waals surface area (Å²) in [5, 5.41) is 7.82. The van der Waals surface area contributed by atoms with E-state index in [4.69, 9.17) is 0 Å². The van der Waals surface area contributed by atoms with Crippen LogP contribution in [0.15, 0.2) is 12.3 Å². The molecule has 3 heteroatoms. The van der Waals surface area contributed by atoms with Crippen LogP contribution in [0.1, 0.15) is 32.9 Å². The maximum absolute atomic E-state index is 4.42. The molecule has 0 aliphatic heterocycles. The summed E-state index contributed by atoms with van der Waals surface area (Å²) in [6.45, 7) is 6.84. The molecule has 0 spiro atoms. The lowest BCUT2D eigenvalue weighted by atomic mass is 9.80. The summed E-state index contributed by atoms with van der Waals surface area (Å²) in [5.41, 5.74) is 1.48. The van der Waals surface area contributed by atoms with E-state index in [1.165, 1.54) is 12.1 Å². The van der Waals surface area contributed by atoms with Gasteiger partial charge in [0.2, 0.25) is 0 Å². The smallest absolute Gasteiger partial charge is 0.0640 e. The molecular formula is C12H23N3. The molecule has 0 bridgehead atoms. The first-order chi connectivity index (χ1) is 6.99. The van der Waals surface area contributed by atoms with E-state index in [0.29, 0.717) is 11.5 Å². The zero-order valence-electron chi connectivity index (χ0n) is 10.5. The molecule has 15 heavy (non-hydrogen) atoms. The molecule has 0 aliphatic rings. The number of likely N-dealkylation sites (N-methyl/N-ethyl adjacent to an activating group) is 1. The molecule has 0 radical (unpaired) electrons. The van der Waals surface area contributed by atoms with E-state index in [1.54, 1.807) is 0 Å². The summed E-state index contributed by atoms with van der Waals surface area (Å²) in [4.78, 5) is 0. The minimum atomic E-state index is 0.312. The highest BCUT2D eigenvalue weighted by Crippen LogP contribution is 2.26. The molecule has 1 atom stereocenters. The number of hydrogen-bond donors (Lipinski definition) is 1. The van der Waals surface area contributed by atoms with Crippen LogP contribution in [0.25, 0.3) is 0 Å². The van der Waals surface area contributed by atoms with E-state index in [2.05, 4.69) is 37.3 Å². The van der Waals surface area contributed by atoms with Crippen molar-refractivity contribution in [1.82, 2.24) is 15.1 Å². The lowest BCUT2D eigenvalue weighted by molar-refractivity contribution is 0.239. The first-order valence-corrected chi connectivity index (χ1v) is 5.65. The monoisotopic (exact) mass is 209 g/mol. The molecule has 0 saturated carbocycles. The highest BCUT2D eigenvalue weighted by molar-refractivity contribution is 5.03. The van der Waals surface area contributed by atoms with Gasteiger partial charge in [0.1, 0.15) is 0 Å². The number of aryl methyl sites for hydroxylation is 1. The standard InChI is InChI=1S/C12H23N3/c1-6-12(2,3)11(13-4)9-10-7-8-15(5)14-10/h7-8,11,13H,6,9H2,1-5H3. The van der Waals surface area contributed by atoms with Crippen LogP contribution in [0.5, 0.6) is 0 Å². The summed E-state index contributed by atoms with van der Waals surface area (Å²) in [7, 11) is 3.99. The summed E-state index contributed by atoms with van der Waals surface area (Å²) < 4.78 is 1.86. The normalized spacial score (nSPS) is 14.2. The Morgan fingerprint density at radius 1 is 1.53 bits per heavy atom. The van der Waals surface area contributed by atoms with Crippen LogP contribution in [-0.2, 0) is 13.5 Å². The Kier molecular flexibility index (Phi) is 3.91. The summed E-state index contributed by atoms with van der Waals surface area (Å²) >= 11 is 0. The molecule has 0 aliphatic carbocycles. The first kappa shape index (κ1) is 12.2. The Balaban J connectivity index is 2.69. The second-order valence-corrected chi connectivity index (χ2v) is 4.87. The number of hydrogen-bond acceptors (Lipinski definition) is 2. The van der Waals surface area contributed by atoms with Crippen molar-refractivity contribution < 1.29 is 0 Å². The van der Waals surface area contributed by atoms with Crippen LogP contribution in [0.3, 0.4) is 0 Å². The van der Waals surface area contributed by atoms with Gasteiger partial charge in [0.15, 0.2) is 0 Å². The predicted molar refractivity (Wildman–Crippen MR) is 63.8 cm³/mol. The maximum Gasteiger partial charge on any atom is 0.0640 e. The van der Waals surface area contributed by atoms with Crippen molar-refractivity contribution in [3.63, 3.8) is 0 Å². The SMILES string of the molecule is CCC(C)(C)C(Cc1ccn(C)n1)NC. The van der Waals surface area contributed by atoms with Crippen molar-refractivity contribution in [2.24, 2.45) is 12.5 Å². The molecule has 1 heterocycles.